The Morgan fingerprint density at radius 2 is 2.00 bits per heavy atom. The summed E-state index contributed by atoms with van der Waals surface area (Å²) in [6.07, 6.45) is 2.20. The third-order valence-electron chi connectivity index (χ3n) is 3.38. The van der Waals surface area contributed by atoms with Gasteiger partial charge in [0.1, 0.15) is 0 Å². The van der Waals surface area contributed by atoms with E-state index in [4.69, 9.17) is 5.73 Å². The van der Waals surface area contributed by atoms with E-state index in [0.29, 0.717) is 6.42 Å². The minimum atomic E-state index is -0.588. The summed E-state index contributed by atoms with van der Waals surface area (Å²) < 4.78 is 0. The summed E-state index contributed by atoms with van der Waals surface area (Å²) in [5.41, 5.74) is 8.62. The van der Waals surface area contributed by atoms with Crippen LogP contribution >= 0.6 is 0 Å². The topological polar surface area (TPSA) is 83.8 Å². The number of nitrogens with zero attached hydrogens (tertiary/aromatic N) is 1. The van der Waals surface area contributed by atoms with Crippen molar-refractivity contribution in [3.05, 3.63) is 60.3 Å². The molecule has 3 rings (SSSR count). The molecule has 0 aliphatic carbocycles. The molecule has 0 saturated carbocycles. The molecule has 1 unspecified atom stereocenters. The Morgan fingerprint density at radius 3 is 2.81 bits per heavy atom. The third kappa shape index (κ3) is 2.93. The molecule has 1 atom stereocenters. The Kier molecular flexibility index (Phi) is 3.66. The van der Waals surface area contributed by atoms with Crippen LogP contribution in [-0.2, 0) is 11.2 Å². The first-order valence-electron chi connectivity index (χ1n) is 6.76. The molecule has 0 saturated heterocycles. The van der Waals surface area contributed by atoms with Gasteiger partial charge in [-0.15, -0.1) is 0 Å². The SMILES string of the molecule is NC(Cc1ccccc1)C(=O)Nc1cccc2[nH]ncc12. The van der Waals surface area contributed by atoms with Crippen LogP contribution in [0.4, 0.5) is 5.69 Å². The summed E-state index contributed by atoms with van der Waals surface area (Å²) in [6.45, 7) is 0. The van der Waals surface area contributed by atoms with Crippen LogP contribution in [0.15, 0.2) is 54.7 Å². The van der Waals surface area contributed by atoms with Crippen LogP contribution in [-0.4, -0.2) is 22.1 Å². The van der Waals surface area contributed by atoms with E-state index in [1.54, 1.807) is 6.20 Å². The Bertz CT molecular complexity index is 751. The summed E-state index contributed by atoms with van der Waals surface area (Å²) in [5, 5.41) is 10.6. The van der Waals surface area contributed by atoms with Gasteiger partial charge in [-0.25, -0.2) is 0 Å². The van der Waals surface area contributed by atoms with Crippen LogP contribution in [0, 0.1) is 0 Å². The number of aromatic amines is 1. The van der Waals surface area contributed by atoms with Crippen molar-refractivity contribution in [2.45, 2.75) is 12.5 Å². The maximum Gasteiger partial charge on any atom is 0.241 e. The molecule has 3 aromatic rings. The second kappa shape index (κ2) is 5.76. The minimum absolute atomic E-state index is 0.201. The summed E-state index contributed by atoms with van der Waals surface area (Å²) >= 11 is 0. The van der Waals surface area contributed by atoms with Gasteiger partial charge in [-0.05, 0) is 24.1 Å². The van der Waals surface area contributed by atoms with Crippen molar-refractivity contribution in [3.63, 3.8) is 0 Å². The highest BCUT2D eigenvalue weighted by molar-refractivity contribution is 6.02. The van der Waals surface area contributed by atoms with E-state index in [-0.39, 0.29) is 5.91 Å². The van der Waals surface area contributed by atoms with Crippen LogP contribution in [0.3, 0.4) is 0 Å². The van der Waals surface area contributed by atoms with Crippen molar-refractivity contribution in [2.24, 2.45) is 5.73 Å². The van der Waals surface area contributed by atoms with Crippen LogP contribution in [0.25, 0.3) is 10.9 Å². The molecule has 1 amide bonds. The average Bonchev–Trinajstić information content (AvgIpc) is 2.98. The smallest absolute Gasteiger partial charge is 0.241 e. The molecule has 1 heterocycles. The molecule has 4 N–H and O–H groups in total. The highest BCUT2D eigenvalue weighted by Crippen LogP contribution is 2.21. The Morgan fingerprint density at radius 1 is 1.19 bits per heavy atom. The number of hydrogen-bond acceptors (Lipinski definition) is 3. The number of H-pyrrole nitrogens is 1. The lowest BCUT2D eigenvalue weighted by molar-refractivity contribution is -0.117. The zero-order chi connectivity index (χ0) is 14.7. The van der Waals surface area contributed by atoms with Crippen LogP contribution in [0.1, 0.15) is 5.56 Å². The van der Waals surface area contributed by atoms with E-state index in [9.17, 15) is 4.79 Å². The van der Waals surface area contributed by atoms with Gasteiger partial charge in [-0.2, -0.15) is 5.10 Å². The second-order valence-corrected chi connectivity index (χ2v) is 4.92. The molecular formula is C16H16N4O. The number of fused-ring (bicyclic) bond motifs is 1. The number of aromatic nitrogens is 2. The predicted molar refractivity (Wildman–Crippen MR) is 82.8 cm³/mol. The van der Waals surface area contributed by atoms with E-state index in [2.05, 4.69) is 15.5 Å². The third-order valence-corrected chi connectivity index (χ3v) is 3.38. The fourth-order valence-corrected chi connectivity index (χ4v) is 2.26. The lowest BCUT2D eigenvalue weighted by atomic mass is 10.1. The first kappa shape index (κ1) is 13.3. The van der Waals surface area contributed by atoms with E-state index in [1.165, 1.54) is 0 Å². The summed E-state index contributed by atoms with van der Waals surface area (Å²) in [5.74, 6) is -0.201. The minimum Gasteiger partial charge on any atom is -0.324 e. The fraction of sp³-hybridized carbons (Fsp3) is 0.125. The zero-order valence-electron chi connectivity index (χ0n) is 11.4. The molecule has 0 fully saturated rings. The molecule has 106 valence electrons. The highest BCUT2D eigenvalue weighted by Gasteiger charge is 2.15. The second-order valence-electron chi connectivity index (χ2n) is 4.92. The molecule has 0 bridgehead atoms. The molecule has 0 radical (unpaired) electrons. The Labute approximate surface area is 122 Å². The number of nitrogens with two attached hydrogens (primary N) is 1. The number of carbonyl (C=O) groups is 1. The number of amides is 1. The van der Waals surface area contributed by atoms with Gasteiger partial charge in [0, 0.05) is 5.39 Å². The summed E-state index contributed by atoms with van der Waals surface area (Å²) in [7, 11) is 0. The molecular weight excluding hydrogens is 264 g/mol. The number of benzene rings is 2. The van der Waals surface area contributed by atoms with Crippen molar-refractivity contribution in [3.8, 4) is 0 Å². The summed E-state index contributed by atoms with van der Waals surface area (Å²) in [6, 6.07) is 14.8. The van der Waals surface area contributed by atoms with E-state index < -0.39 is 6.04 Å². The first-order chi connectivity index (χ1) is 10.2. The van der Waals surface area contributed by atoms with Crippen LogP contribution in [0.2, 0.25) is 0 Å². The van der Waals surface area contributed by atoms with Gasteiger partial charge in [0.15, 0.2) is 0 Å². The van der Waals surface area contributed by atoms with Gasteiger partial charge in [-0.1, -0.05) is 36.4 Å². The van der Waals surface area contributed by atoms with Gasteiger partial charge in [0.25, 0.3) is 0 Å². The summed E-state index contributed by atoms with van der Waals surface area (Å²) in [4.78, 5) is 12.2. The average molecular weight is 280 g/mol. The van der Waals surface area contributed by atoms with Crippen LogP contribution < -0.4 is 11.1 Å². The Hall–Kier alpha value is -2.66. The number of anilines is 1. The predicted octanol–water partition coefficient (Wildman–Crippen LogP) is 2.07. The number of hydrogen-bond donors (Lipinski definition) is 3. The molecule has 0 aliphatic heterocycles. The lowest BCUT2D eigenvalue weighted by Crippen LogP contribution is -2.37. The molecule has 21 heavy (non-hydrogen) atoms. The largest absolute Gasteiger partial charge is 0.324 e. The van der Waals surface area contributed by atoms with Crippen molar-refractivity contribution >= 4 is 22.5 Å². The normalized spacial score (nSPS) is 12.2. The fourth-order valence-electron chi connectivity index (χ4n) is 2.26. The first-order valence-corrected chi connectivity index (χ1v) is 6.76. The molecule has 0 spiro atoms. The maximum absolute atomic E-state index is 12.2. The van der Waals surface area contributed by atoms with Gasteiger partial charge in [-0.3, -0.25) is 9.89 Å². The molecule has 0 aliphatic rings. The molecule has 5 heteroatoms. The monoisotopic (exact) mass is 280 g/mol. The van der Waals surface area contributed by atoms with Crippen molar-refractivity contribution in [1.29, 1.82) is 0 Å². The molecule has 2 aromatic carbocycles. The van der Waals surface area contributed by atoms with Crippen LogP contribution in [0.5, 0.6) is 0 Å². The van der Waals surface area contributed by atoms with Crippen molar-refractivity contribution in [1.82, 2.24) is 10.2 Å². The standard InChI is InChI=1S/C16H16N4O/c17-13(9-11-5-2-1-3-6-11)16(21)19-14-7-4-8-15-12(14)10-18-20-15/h1-8,10,13H,9,17H2,(H,18,20)(H,19,21). The van der Waals surface area contributed by atoms with Gasteiger partial charge in [0.2, 0.25) is 5.91 Å². The van der Waals surface area contributed by atoms with Crippen molar-refractivity contribution in [2.75, 3.05) is 5.32 Å². The highest BCUT2D eigenvalue weighted by atomic mass is 16.2. The number of nitrogens with one attached hydrogen (secondary N) is 2. The van der Waals surface area contributed by atoms with Gasteiger partial charge in [0.05, 0.1) is 23.4 Å². The molecule has 1 aromatic heterocycles. The molecule has 5 nitrogen and oxygen atoms in total. The van der Waals surface area contributed by atoms with E-state index >= 15 is 0 Å². The lowest BCUT2D eigenvalue weighted by Gasteiger charge is -2.13. The van der Waals surface area contributed by atoms with Gasteiger partial charge >= 0.3 is 0 Å². The van der Waals surface area contributed by atoms with E-state index in [1.807, 2.05) is 48.5 Å². The van der Waals surface area contributed by atoms with Gasteiger partial charge < -0.3 is 11.1 Å². The number of rotatable bonds is 4. The van der Waals surface area contributed by atoms with E-state index in [0.717, 1.165) is 22.2 Å². The zero-order valence-corrected chi connectivity index (χ0v) is 11.4. The number of carbonyl (C=O) groups excluding carboxylic acids is 1. The quantitative estimate of drug-likeness (QED) is 0.684. The Balaban J connectivity index is 1.72. The van der Waals surface area contributed by atoms with Crippen molar-refractivity contribution < 1.29 is 4.79 Å². The maximum atomic E-state index is 12.2.